The Kier molecular flexibility index (Phi) is 4.35. The third kappa shape index (κ3) is 3.20. The van der Waals surface area contributed by atoms with Crippen LogP contribution in [0.15, 0.2) is 35.3 Å². The van der Waals surface area contributed by atoms with Gasteiger partial charge in [0.2, 0.25) is 0 Å². The summed E-state index contributed by atoms with van der Waals surface area (Å²) in [6, 6.07) is 10.9. The molecule has 1 aliphatic carbocycles. The van der Waals surface area contributed by atoms with Gasteiger partial charge in [0.05, 0.1) is 6.04 Å². The van der Waals surface area contributed by atoms with Gasteiger partial charge in [-0.1, -0.05) is 61.4 Å². The Hall–Kier alpha value is -0.960. The Labute approximate surface area is 126 Å². The van der Waals surface area contributed by atoms with Gasteiger partial charge < -0.3 is 5.32 Å². The van der Waals surface area contributed by atoms with E-state index in [0.717, 1.165) is 11.7 Å². The lowest BCUT2D eigenvalue weighted by Crippen LogP contribution is -2.37. The lowest BCUT2D eigenvalue weighted by atomic mass is 9.75. The van der Waals surface area contributed by atoms with Crippen molar-refractivity contribution in [2.45, 2.75) is 45.1 Å². The molecule has 0 amide bonds. The topological polar surface area (TPSA) is 24.4 Å². The van der Waals surface area contributed by atoms with Crippen LogP contribution in [-0.2, 0) is 0 Å². The van der Waals surface area contributed by atoms with E-state index in [1.807, 2.05) is 11.8 Å². The Morgan fingerprint density at radius 2 is 1.90 bits per heavy atom. The van der Waals surface area contributed by atoms with E-state index in [1.54, 1.807) is 0 Å². The van der Waals surface area contributed by atoms with E-state index >= 15 is 0 Å². The fourth-order valence-corrected chi connectivity index (χ4v) is 4.49. The SMILES string of the molecule is CC(NC1=NCC2(CCCCC2)CS1)c1ccccc1. The van der Waals surface area contributed by atoms with Crippen molar-refractivity contribution in [2.75, 3.05) is 12.3 Å². The van der Waals surface area contributed by atoms with E-state index in [4.69, 9.17) is 4.99 Å². The molecule has 2 aliphatic rings. The van der Waals surface area contributed by atoms with Crippen molar-refractivity contribution in [1.29, 1.82) is 0 Å². The maximum absolute atomic E-state index is 4.84. The van der Waals surface area contributed by atoms with Crippen LogP contribution in [0.2, 0.25) is 0 Å². The summed E-state index contributed by atoms with van der Waals surface area (Å²) < 4.78 is 0. The van der Waals surface area contributed by atoms with Gasteiger partial charge in [0.25, 0.3) is 0 Å². The van der Waals surface area contributed by atoms with Crippen LogP contribution in [0.4, 0.5) is 0 Å². The minimum atomic E-state index is 0.336. The van der Waals surface area contributed by atoms with Gasteiger partial charge in [-0.25, -0.2) is 0 Å². The summed E-state index contributed by atoms with van der Waals surface area (Å²) in [4.78, 5) is 4.84. The molecule has 0 bridgehead atoms. The average molecular weight is 288 g/mol. The summed E-state index contributed by atoms with van der Waals surface area (Å²) in [7, 11) is 0. The smallest absolute Gasteiger partial charge is 0.157 e. The summed E-state index contributed by atoms with van der Waals surface area (Å²) >= 11 is 1.93. The molecule has 1 aromatic rings. The number of amidine groups is 1. The van der Waals surface area contributed by atoms with E-state index in [1.165, 1.54) is 43.4 Å². The molecule has 3 rings (SSSR count). The number of aliphatic imine (C=N–C) groups is 1. The highest BCUT2D eigenvalue weighted by Crippen LogP contribution is 2.41. The number of benzene rings is 1. The average Bonchev–Trinajstić information content (AvgIpc) is 2.52. The van der Waals surface area contributed by atoms with Crippen LogP contribution in [0.5, 0.6) is 0 Å². The van der Waals surface area contributed by atoms with Crippen LogP contribution < -0.4 is 5.32 Å². The summed E-state index contributed by atoms with van der Waals surface area (Å²) in [6.45, 7) is 3.24. The van der Waals surface area contributed by atoms with Crippen molar-refractivity contribution in [1.82, 2.24) is 5.32 Å². The largest absolute Gasteiger partial charge is 0.358 e. The third-order valence-electron chi connectivity index (χ3n) is 4.63. The maximum atomic E-state index is 4.84. The van der Waals surface area contributed by atoms with Gasteiger partial charge >= 0.3 is 0 Å². The van der Waals surface area contributed by atoms with E-state index in [0.29, 0.717) is 11.5 Å². The summed E-state index contributed by atoms with van der Waals surface area (Å²) in [5.41, 5.74) is 1.85. The first-order chi connectivity index (χ1) is 9.77. The second-order valence-electron chi connectivity index (χ2n) is 6.25. The minimum Gasteiger partial charge on any atom is -0.358 e. The molecule has 20 heavy (non-hydrogen) atoms. The molecule has 1 saturated carbocycles. The second kappa shape index (κ2) is 6.21. The highest BCUT2D eigenvalue weighted by molar-refractivity contribution is 8.13. The second-order valence-corrected chi connectivity index (χ2v) is 7.21. The van der Waals surface area contributed by atoms with Crippen LogP contribution in [0.1, 0.15) is 50.6 Å². The standard InChI is InChI=1S/C17H24N2S/c1-14(15-8-4-2-5-9-15)19-16-18-12-17(13-20-16)10-6-3-7-11-17/h2,4-5,8-9,14H,3,6-7,10-13H2,1H3,(H,18,19). The molecule has 1 spiro atoms. The summed E-state index contributed by atoms with van der Waals surface area (Å²) in [5, 5.41) is 4.71. The molecular formula is C17H24N2S. The Bertz CT molecular complexity index is 463. The summed E-state index contributed by atoms with van der Waals surface area (Å²) in [6.07, 6.45) is 6.99. The fraction of sp³-hybridized carbons (Fsp3) is 0.588. The van der Waals surface area contributed by atoms with E-state index in [9.17, 15) is 0 Å². The van der Waals surface area contributed by atoms with Gasteiger partial charge in [0.15, 0.2) is 5.17 Å². The number of nitrogens with zero attached hydrogens (tertiary/aromatic N) is 1. The van der Waals surface area contributed by atoms with Crippen LogP contribution >= 0.6 is 11.8 Å². The van der Waals surface area contributed by atoms with E-state index < -0.39 is 0 Å². The molecule has 0 radical (unpaired) electrons. The van der Waals surface area contributed by atoms with E-state index in [-0.39, 0.29) is 0 Å². The van der Waals surface area contributed by atoms with Crippen LogP contribution in [0, 0.1) is 5.41 Å². The number of hydrogen-bond donors (Lipinski definition) is 1. The van der Waals surface area contributed by atoms with Gasteiger partial charge in [-0.05, 0) is 30.7 Å². The molecule has 1 unspecified atom stereocenters. The quantitative estimate of drug-likeness (QED) is 0.872. The molecule has 108 valence electrons. The Morgan fingerprint density at radius 3 is 2.55 bits per heavy atom. The zero-order valence-electron chi connectivity index (χ0n) is 12.3. The van der Waals surface area contributed by atoms with Crippen molar-refractivity contribution in [3.8, 4) is 0 Å². The number of rotatable bonds is 2. The van der Waals surface area contributed by atoms with Crippen LogP contribution in [0.3, 0.4) is 0 Å². The van der Waals surface area contributed by atoms with Crippen LogP contribution in [0.25, 0.3) is 0 Å². The van der Waals surface area contributed by atoms with Crippen molar-refractivity contribution < 1.29 is 0 Å². The Balaban J connectivity index is 1.59. The minimum absolute atomic E-state index is 0.336. The highest BCUT2D eigenvalue weighted by atomic mass is 32.2. The molecule has 0 aromatic heterocycles. The monoisotopic (exact) mass is 288 g/mol. The molecule has 3 heteroatoms. The molecule has 1 aliphatic heterocycles. The zero-order chi connectivity index (χ0) is 13.8. The first-order valence-electron chi connectivity index (χ1n) is 7.76. The molecule has 1 atom stereocenters. The Morgan fingerprint density at radius 1 is 1.15 bits per heavy atom. The maximum Gasteiger partial charge on any atom is 0.157 e. The number of nitrogens with one attached hydrogen (secondary N) is 1. The van der Waals surface area contributed by atoms with Crippen molar-refractivity contribution >= 4 is 16.9 Å². The predicted octanol–water partition coefficient (Wildman–Crippen LogP) is 4.39. The predicted molar refractivity (Wildman–Crippen MR) is 88.3 cm³/mol. The normalized spacial score (nSPS) is 23.1. The highest BCUT2D eigenvalue weighted by Gasteiger charge is 2.35. The number of thioether (sulfide) groups is 1. The molecule has 1 fully saturated rings. The molecule has 1 aromatic carbocycles. The van der Waals surface area contributed by atoms with Gasteiger partial charge in [-0.15, -0.1) is 0 Å². The number of hydrogen-bond acceptors (Lipinski definition) is 3. The molecule has 1 N–H and O–H groups in total. The first-order valence-corrected chi connectivity index (χ1v) is 8.75. The summed E-state index contributed by atoms with van der Waals surface area (Å²) in [5.74, 6) is 1.25. The molecule has 0 saturated heterocycles. The van der Waals surface area contributed by atoms with Gasteiger partial charge in [0.1, 0.15) is 0 Å². The fourth-order valence-electron chi connectivity index (χ4n) is 3.25. The van der Waals surface area contributed by atoms with Crippen molar-refractivity contribution in [2.24, 2.45) is 10.4 Å². The van der Waals surface area contributed by atoms with Crippen molar-refractivity contribution in [3.05, 3.63) is 35.9 Å². The zero-order valence-corrected chi connectivity index (χ0v) is 13.1. The molecule has 2 nitrogen and oxygen atoms in total. The lowest BCUT2D eigenvalue weighted by Gasteiger charge is -2.38. The molecular weight excluding hydrogens is 264 g/mol. The van der Waals surface area contributed by atoms with Crippen molar-refractivity contribution in [3.63, 3.8) is 0 Å². The molecule has 1 heterocycles. The van der Waals surface area contributed by atoms with E-state index in [2.05, 4.69) is 42.6 Å². The first kappa shape index (κ1) is 14.0. The lowest BCUT2D eigenvalue weighted by molar-refractivity contribution is 0.232. The van der Waals surface area contributed by atoms with Gasteiger partial charge in [0, 0.05) is 12.3 Å². The van der Waals surface area contributed by atoms with Gasteiger partial charge in [-0.2, -0.15) is 0 Å². The van der Waals surface area contributed by atoms with Gasteiger partial charge in [-0.3, -0.25) is 4.99 Å². The third-order valence-corrected chi connectivity index (χ3v) is 5.90. The van der Waals surface area contributed by atoms with Crippen LogP contribution in [-0.4, -0.2) is 17.5 Å².